The fourth-order valence-corrected chi connectivity index (χ4v) is 5.29. The summed E-state index contributed by atoms with van der Waals surface area (Å²) >= 11 is 1.14. The van der Waals surface area contributed by atoms with Crippen molar-refractivity contribution in [2.45, 2.75) is 37.3 Å². The standard InChI is InChI=1S/C22H23N3O4S2/c1-3-15-5-4-6-17(13-15)25-31(27,28)20-12-10-18(30-20)9-11-19-21(14(2)24-29-19)23-22(26)16-7-8-16/h4-6,9-13,16,25H,3,7-8H2,1-2H3,(H,23,26). The first kappa shape index (κ1) is 21.3. The molecule has 1 aromatic carbocycles. The molecule has 1 saturated carbocycles. The third kappa shape index (κ3) is 5.05. The van der Waals surface area contributed by atoms with E-state index in [1.54, 1.807) is 37.3 Å². The maximum Gasteiger partial charge on any atom is 0.271 e. The maximum absolute atomic E-state index is 12.7. The molecule has 4 rings (SSSR count). The Balaban J connectivity index is 1.49. The smallest absolute Gasteiger partial charge is 0.271 e. The van der Waals surface area contributed by atoms with Gasteiger partial charge in [0.1, 0.15) is 15.6 Å². The third-order valence-corrected chi connectivity index (χ3v) is 7.86. The highest BCUT2D eigenvalue weighted by Crippen LogP contribution is 2.32. The van der Waals surface area contributed by atoms with E-state index < -0.39 is 10.0 Å². The number of thiophene rings is 1. The average Bonchev–Trinajstić information content (AvgIpc) is 3.39. The van der Waals surface area contributed by atoms with E-state index in [0.717, 1.165) is 41.0 Å². The number of carbonyl (C=O) groups excluding carboxylic acids is 1. The van der Waals surface area contributed by atoms with Gasteiger partial charge in [0.2, 0.25) is 5.91 Å². The van der Waals surface area contributed by atoms with E-state index in [1.165, 1.54) is 0 Å². The Hall–Kier alpha value is -2.91. The summed E-state index contributed by atoms with van der Waals surface area (Å²) in [6.45, 7) is 3.78. The second-order valence-electron chi connectivity index (χ2n) is 7.42. The van der Waals surface area contributed by atoms with Crippen LogP contribution >= 0.6 is 11.3 Å². The van der Waals surface area contributed by atoms with Crippen LogP contribution in [0.2, 0.25) is 0 Å². The molecule has 0 radical (unpaired) electrons. The van der Waals surface area contributed by atoms with E-state index >= 15 is 0 Å². The van der Waals surface area contributed by atoms with E-state index in [2.05, 4.69) is 15.2 Å². The van der Waals surface area contributed by atoms with E-state index in [9.17, 15) is 13.2 Å². The molecule has 1 amide bonds. The number of hydrogen-bond acceptors (Lipinski definition) is 6. The van der Waals surface area contributed by atoms with Gasteiger partial charge >= 0.3 is 0 Å². The normalized spacial score (nSPS) is 14.1. The summed E-state index contributed by atoms with van der Waals surface area (Å²) in [4.78, 5) is 12.8. The Kier molecular flexibility index (Phi) is 5.97. The third-order valence-electron chi connectivity index (χ3n) is 4.94. The Morgan fingerprint density at radius 2 is 2.06 bits per heavy atom. The van der Waals surface area contributed by atoms with Crippen LogP contribution in [0.4, 0.5) is 11.4 Å². The lowest BCUT2D eigenvalue weighted by Gasteiger charge is -2.07. The first-order valence-electron chi connectivity index (χ1n) is 10.0. The molecule has 1 aliphatic carbocycles. The summed E-state index contributed by atoms with van der Waals surface area (Å²) in [7, 11) is -3.68. The van der Waals surface area contributed by atoms with Gasteiger partial charge in [0.05, 0.1) is 0 Å². The van der Waals surface area contributed by atoms with Gasteiger partial charge in [-0.15, -0.1) is 11.3 Å². The molecule has 0 unspecified atom stereocenters. The maximum atomic E-state index is 12.7. The molecular weight excluding hydrogens is 434 g/mol. The number of amides is 1. The minimum absolute atomic E-state index is 0.0244. The highest BCUT2D eigenvalue weighted by atomic mass is 32.2. The molecule has 9 heteroatoms. The van der Waals surface area contributed by atoms with Crippen LogP contribution in [-0.2, 0) is 21.2 Å². The molecule has 0 aliphatic heterocycles. The lowest BCUT2D eigenvalue weighted by molar-refractivity contribution is -0.117. The number of carbonyl (C=O) groups is 1. The summed E-state index contributed by atoms with van der Waals surface area (Å²) in [5, 5.41) is 6.80. The minimum Gasteiger partial charge on any atom is -0.354 e. The summed E-state index contributed by atoms with van der Waals surface area (Å²) < 4.78 is 33.6. The van der Waals surface area contributed by atoms with Gasteiger partial charge in [-0.2, -0.15) is 0 Å². The molecule has 0 bridgehead atoms. The topological polar surface area (TPSA) is 101 Å². The van der Waals surface area contributed by atoms with Crippen LogP contribution in [0, 0.1) is 12.8 Å². The van der Waals surface area contributed by atoms with Gasteiger partial charge in [0, 0.05) is 16.5 Å². The highest BCUT2D eigenvalue weighted by Gasteiger charge is 2.30. The predicted molar refractivity (Wildman–Crippen MR) is 122 cm³/mol. The van der Waals surface area contributed by atoms with Gasteiger partial charge in [0.15, 0.2) is 5.76 Å². The average molecular weight is 458 g/mol. The van der Waals surface area contributed by atoms with Crippen LogP contribution in [0.5, 0.6) is 0 Å². The van der Waals surface area contributed by atoms with Crippen molar-refractivity contribution in [3.8, 4) is 0 Å². The van der Waals surface area contributed by atoms with Crippen molar-refractivity contribution in [1.82, 2.24) is 5.16 Å². The van der Waals surface area contributed by atoms with Crippen molar-refractivity contribution in [2.75, 3.05) is 10.0 Å². The zero-order valence-corrected chi connectivity index (χ0v) is 18.8. The van der Waals surface area contributed by atoms with E-state index in [1.807, 2.05) is 25.1 Å². The summed E-state index contributed by atoms with van der Waals surface area (Å²) in [5.74, 6) is 0.476. The summed E-state index contributed by atoms with van der Waals surface area (Å²) in [6.07, 6.45) is 6.07. The molecule has 0 atom stereocenters. The molecule has 31 heavy (non-hydrogen) atoms. The Labute approximate surface area is 185 Å². The monoisotopic (exact) mass is 457 g/mol. The van der Waals surface area contributed by atoms with Gasteiger partial charge in [-0.1, -0.05) is 24.2 Å². The Bertz CT molecular complexity index is 1240. The van der Waals surface area contributed by atoms with Crippen LogP contribution in [0.1, 0.15) is 41.7 Å². The number of benzene rings is 1. The highest BCUT2D eigenvalue weighted by molar-refractivity contribution is 7.94. The molecule has 7 nitrogen and oxygen atoms in total. The molecular formula is C22H23N3O4S2. The predicted octanol–water partition coefficient (Wildman–Crippen LogP) is 4.93. The number of aryl methyl sites for hydroxylation is 2. The van der Waals surface area contributed by atoms with Gasteiger partial charge < -0.3 is 9.84 Å². The van der Waals surface area contributed by atoms with Gasteiger partial charge in [-0.25, -0.2) is 8.42 Å². The fraction of sp³-hybridized carbons (Fsp3) is 0.273. The van der Waals surface area contributed by atoms with E-state index in [0.29, 0.717) is 22.8 Å². The van der Waals surface area contributed by atoms with Crippen molar-refractivity contribution in [3.63, 3.8) is 0 Å². The van der Waals surface area contributed by atoms with E-state index in [-0.39, 0.29) is 16.0 Å². The molecule has 0 saturated heterocycles. The number of aromatic nitrogens is 1. The van der Waals surface area contributed by atoms with Crippen molar-refractivity contribution < 1.29 is 17.7 Å². The molecule has 3 aromatic rings. The SMILES string of the molecule is CCc1cccc(NS(=O)(=O)c2ccc(C=Cc3onc(C)c3NC(=O)C3CC3)s2)c1. The van der Waals surface area contributed by atoms with Crippen molar-refractivity contribution in [2.24, 2.45) is 5.92 Å². The van der Waals surface area contributed by atoms with Crippen LogP contribution in [0.3, 0.4) is 0 Å². The second kappa shape index (κ2) is 8.68. The summed E-state index contributed by atoms with van der Waals surface area (Å²) in [5.41, 5.74) is 2.75. The molecule has 0 spiro atoms. The zero-order valence-electron chi connectivity index (χ0n) is 17.2. The molecule has 1 fully saturated rings. The number of hydrogen-bond donors (Lipinski definition) is 2. The number of nitrogens with one attached hydrogen (secondary N) is 2. The number of rotatable bonds is 8. The Morgan fingerprint density at radius 1 is 1.26 bits per heavy atom. The quantitative estimate of drug-likeness (QED) is 0.500. The van der Waals surface area contributed by atoms with Crippen molar-refractivity contribution >= 4 is 50.8 Å². The summed E-state index contributed by atoms with van der Waals surface area (Å²) in [6, 6.07) is 10.6. The fourth-order valence-electron chi connectivity index (χ4n) is 3.01. The molecule has 1 aliphatic rings. The molecule has 162 valence electrons. The molecule has 2 heterocycles. The van der Waals surface area contributed by atoms with Crippen LogP contribution in [0.25, 0.3) is 12.2 Å². The van der Waals surface area contributed by atoms with Crippen LogP contribution in [0.15, 0.2) is 45.1 Å². The largest absolute Gasteiger partial charge is 0.354 e. The second-order valence-corrected chi connectivity index (χ2v) is 10.4. The van der Waals surface area contributed by atoms with Gasteiger partial charge in [-0.3, -0.25) is 9.52 Å². The minimum atomic E-state index is -3.68. The lowest BCUT2D eigenvalue weighted by atomic mass is 10.1. The number of anilines is 2. The molecule has 2 aromatic heterocycles. The zero-order chi connectivity index (χ0) is 22.0. The number of sulfonamides is 1. The van der Waals surface area contributed by atoms with Gasteiger partial charge in [0.25, 0.3) is 10.0 Å². The van der Waals surface area contributed by atoms with Crippen LogP contribution in [-0.4, -0.2) is 19.5 Å². The van der Waals surface area contributed by atoms with Crippen LogP contribution < -0.4 is 10.0 Å². The lowest BCUT2D eigenvalue weighted by Crippen LogP contribution is -2.14. The first-order valence-corrected chi connectivity index (χ1v) is 12.3. The van der Waals surface area contributed by atoms with Gasteiger partial charge in [-0.05, 0) is 68.2 Å². The van der Waals surface area contributed by atoms with Crippen molar-refractivity contribution in [3.05, 3.63) is 58.3 Å². The number of nitrogens with zero attached hydrogens (tertiary/aromatic N) is 1. The van der Waals surface area contributed by atoms with E-state index in [4.69, 9.17) is 4.52 Å². The Morgan fingerprint density at radius 3 is 2.81 bits per heavy atom. The first-order chi connectivity index (χ1) is 14.9. The molecule has 2 N–H and O–H groups in total. The van der Waals surface area contributed by atoms with Crippen molar-refractivity contribution in [1.29, 1.82) is 0 Å².